The van der Waals surface area contributed by atoms with Gasteiger partial charge in [-0.05, 0) is 95.3 Å². The van der Waals surface area contributed by atoms with E-state index in [9.17, 15) is 4.79 Å². The summed E-state index contributed by atoms with van der Waals surface area (Å²) in [5, 5.41) is 0. The first-order chi connectivity index (χ1) is 15.8. The minimum Gasteiger partial charge on any atom is -0.467 e. The van der Waals surface area contributed by atoms with Crippen molar-refractivity contribution in [1.29, 1.82) is 0 Å². The zero-order valence-corrected chi connectivity index (χ0v) is 21.8. The molecular weight excluding hydrogens is 412 g/mol. The van der Waals surface area contributed by atoms with Gasteiger partial charge in [0.25, 0.3) is 0 Å². The molecule has 0 spiro atoms. The standard InChI is InChI=1S/C29H48O4/c1-23(2)19-21-29(3,4)20-12-16-25-15-11-14-24(25)13-7-6-8-17-26(28(30)31-5)33-27-18-9-10-22-32-27/h6-7,12,16,19,24-27H,8-11,13-15,17-18,20-22H2,1-5H3/t24-,25+,26?,27?/m0/s1. The molecule has 0 N–H and O–H groups in total. The molecule has 1 aliphatic carbocycles. The maximum atomic E-state index is 12.1. The fraction of sp³-hybridized carbons (Fsp3) is 0.759. The quantitative estimate of drug-likeness (QED) is 0.210. The van der Waals surface area contributed by atoms with Crippen LogP contribution in [0.25, 0.3) is 0 Å². The van der Waals surface area contributed by atoms with Crippen molar-refractivity contribution in [3.63, 3.8) is 0 Å². The topological polar surface area (TPSA) is 44.8 Å². The van der Waals surface area contributed by atoms with Gasteiger partial charge >= 0.3 is 5.97 Å². The highest BCUT2D eigenvalue weighted by molar-refractivity contribution is 5.74. The van der Waals surface area contributed by atoms with E-state index in [4.69, 9.17) is 14.2 Å². The minimum absolute atomic E-state index is 0.273. The summed E-state index contributed by atoms with van der Waals surface area (Å²) in [6, 6.07) is 0. The van der Waals surface area contributed by atoms with Crippen molar-refractivity contribution in [2.24, 2.45) is 17.3 Å². The average molecular weight is 461 g/mol. The van der Waals surface area contributed by atoms with Crippen molar-refractivity contribution < 1.29 is 19.0 Å². The Morgan fingerprint density at radius 3 is 2.58 bits per heavy atom. The van der Waals surface area contributed by atoms with Gasteiger partial charge in [0.1, 0.15) is 0 Å². The predicted octanol–water partition coefficient (Wildman–Crippen LogP) is 7.54. The van der Waals surface area contributed by atoms with Crippen LogP contribution in [0.3, 0.4) is 0 Å². The van der Waals surface area contributed by atoms with Gasteiger partial charge in [-0.1, -0.05) is 56.2 Å². The number of rotatable bonds is 13. The van der Waals surface area contributed by atoms with Crippen molar-refractivity contribution >= 4 is 5.97 Å². The van der Waals surface area contributed by atoms with Gasteiger partial charge in [-0.2, -0.15) is 0 Å². The molecule has 0 aromatic rings. The Morgan fingerprint density at radius 1 is 1.06 bits per heavy atom. The highest BCUT2D eigenvalue weighted by Gasteiger charge is 2.26. The third kappa shape index (κ3) is 11.1. The van der Waals surface area contributed by atoms with Crippen LogP contribution in [-0.4, -0.2) is 32.1 Å². The second-order valence-corrected chi connectivity index (χ2v) is 10.9. The fourth-order valence-corrected chi connectivity index (χ4v) is 4.75. The van der Waals surface area contributed by atoms with Crippen molar-refractivity contribution in [2.45, 2.75) is 111 Å². The molecule has 0 radical (unpaired) electrons. The Morgan fingerprint density at radius 2 is 1.88 bits per heavy atom. The first kappa shape index (κ1) is 27.9. The van der Waals surface area contributed by atoms with Gasteiger partial charge in [0.05, 0.1) is 7.11 Å². The van der Waals surface area contributed by atoms with Crippen LogP contribution in [0.15, 0.2) is 36.0 Å². The summed E-state index contributed by atoms with van der Waals surface area (Å²) in [5.41, 5.74) is 1.73. The zero-order valence-electron chi connectivity index (χ0n) is 21.8. The van der Waals surface area contributed by atoms with Gasteiger partial charge < -0.3 is 14.2 Å². The molecule has 4 atom stereocenters. The van der Waals surface area contributed by atoms with Crippen LogP contribution >= 0.6 is 0 Å². The maximum Gasteiger partial charge on any atom is 0.335 e. The van der Waals surface area contributed by atoms with Gasteiger partial charge in [-0.3, -0.25) is 0 Å². The van der Waals surface area contributed by atoms with Crippen LogP contribution in [0, 0.1) is 17.3 Å². The van der Waals surface area contributed by atoms with E-state index in [0.29, 0.717) is 24.4 Å². The van der Waals surface area contributed by atoms with Gasteiger partial charge in [0.2, 0.25) is 0 Å². The summed E-state index contributed by atoms with van der Waals surface area (Å²) in [6.45, 7) is 9.78. The van der Waals surface area contributed by atoms with E-state index in [2.05, 4.69) is 58.1 Å². The Balaban J connectivity index is 1.74. The molecule has 2 rings (SSSR count). The fourth-order valence-electron chi connectivity index (χ4n) is 4.75. The van der Waals surface area contributed by atoms with E-state index in [-0.39, 0.29) is 12.3 Å². The van der Waals surface area contributed by atoms with E-state index < -0.39 is 6.10 Å². The number of hydrogen-bond acceptors (Lipinski definition) is 4. The molecule has 2 unspecified atom stereocenters. The lowest BCUT2D eigenvalue weighted by molar-refractivity contribution is -0.203. The van der Waals surface area contributed by atoms with Crippen LogP contribution in [0.4, 0.5) is 0 Å². The van der Waals surface area contributed by atoms with E-state index in [0.717, 1.165) is 50.9 Å². The minimum atomic E-state index is -0.542. The summed E-state index contributed by atoms with van der Waals surface area (Å²) < 4.78 is 16.5. The monoisotopic (exact) mass is 460 g/mol. The highest BCUT2D eigenvalue weighted by Crippen LogP contribution is 2.36. The average Bonchev–Trinajstić information content (AvgIpc) is 3.24. The molecule has 33 heavy (non-hydrogen) atoms. The normalized spacial score (nSPS) is 24.9. The van der Waals surface area contributed by atoms with Gasteiger partial charge in [0, 0.05) is 6.61 Å². The number of esters is 1. The zero-order chi connectivity index (χ0) is 24.1. The summed E-state index contributed by atoms with van der Waals surface area (Å²) in [5.74, 6) is 1.14. The largest absolute Gasteiger partial charge is 0.467 e. The lowest BCUT2D eigenvalue weighted by Crippen LogP contribution is -2.33. The molecule has 1 saturated carbocycles. The summed E-state index contributed by atoms with van der Waals surface area (Å²) in [7, 11) is 1.42. The molecule has 2 aliphatic rings. The molecule has 0 aromatic carbocycles. The number of carbonyl (C=O) groups excluding carboxylic acids is 1. The van der Waals surface area contributed by atoms with Crippen molar-refractivity contribution in [3.05, 3.63) is 36.0 Å². The highest BCUT2D eigenvalue weighted by atomic mass is 16.7. The second kappa shape index (κ2) is 14.8. The van der Waals surface area contributed by atoms with E-state index in [1.54, 1.807) is 0 Å². The summed E-state index contributed by atoms with van der Waals surface area (Å²) in [6.07, 6.45) is 22.8. The number of carbonyl (C=O) groups is 1. The third-order valence-electron chi connectivity index (χ3n) is 6.95. The van der Waals surface area contributed by atoms with Crippen molar-refractivity contribution in [2.75, 3.05) is 13.7 Å². The number of hydrogen-bond donors (Lipinski definition) is 0. The molecule has 2 fully saturated rings. The summed E-state index contributed by atoms with van der Waals surface area (Å²) >= 11 is 0. The molecule has 4 heteroatoms. The maximum absolute atomic E-state index is 12.1. The molecule has 1 saturated heterocycles. The van der Waals surface area contributed by atoms with Crippen LogP contribution in [0.1, 0.15) is 98.3 Å². The first-order valence-electron chi connectivity index (χ1n) is 13.1. The Bertz CT molecular complexity index is 651. The Hall–Kier alpha value is -1.39. The number of ether oxygens (including phenoxy) is 3. The van der Waals surface area contributed by atoms with Crippen LogP contribution in [0.5, 0.6) is 0 Å². The lowest BCUT2D eigenvalue weighted by Gasteiger charge is -2.26. The van der Waals surface area contributed by atoms with E-state index in [1.807, 2.05) is 0 Å². The van der Waals surface area contributed by atoms with Crippen molar-refractivity contribution in [1.82, 2.24) is 0 Å². The molecule has 1 heterocycles. The van der Waals surface area contributed by atoms with Gasteiger partial charge in [-0.25, -0.2) is 4.79 Å². The van der Waals surface area contributed by atoms with E-state index >= 15 is 0 Å². The Kier molecular flexibility index (Phi) is 12.5. The van der Waals surface area contributed by atoms with Crippen LogP contribution in [0.2, 0.25) is 0 Å². The third-order valence-corrected chi connectivity index (χ3v) is 6.95. The van der Waals surface area contributed by atoms with Crippen LogP contribution < -0.4 is 0 Å². The van der Waals surface area contributed by atoms with E-state index in [1.165, 1.54) is 31.9 Å². The Labute approximate surface area is 202 Å². The van der Waals surface area contributed by atoms with Gasteiger partial charge in [0.15, 0.2) is 12.4 Å². The van der Waals surface area contributed by atoms with Crippen molar-refractivity contribution in [3.8, 4) is 0 Å². The van der Waals surface area contributed by atoms with Gasteiger partial charge in [-0.15, -0.1) is 0 Å². The molecule has 0 bridgehead atoms. The number of methoxy groups -OCH3 is 1. The molecule has 0 amide bonds. The van der Waals surface area contributed by atoms with Crippen LogP contribution in [-0.2, 0) is 19.0 Å². The molecule has 0 aromatic heterocycles. The molecular formula is C29H48O4. The molecule has 188 valence electrons. The molecule has 1 aliphatic heterocycles. The lowest BCUT2D eigenvalue weighted by atomic mass is 9.84. The predicted molar refractivity (Wildman–Crippen MR) is 136 cm³/mol. The first-order valence-corrected chi connectivity index (χ1v) is 13.1. The smallest absolute Gasteiger partial charge is 0.335 e. The SMILES string of the molecule is COC(=O)C(CCC=CC[C@H]1CCC[C@@H]1C=CCC(C)(C)CC=C(C)C)OC1CCCCO1. The second-order valence-electron chi connectivity index (χ2n) is 10.9. The molecule has 4 nitrogen and oxygen atoms in total. The summed E-state index contributed by atoms with van der Waals surface area (Å²) in [4.78, 5) is 12.1. The number of allylic oxidation sites excluding steroid dienone is 6.